The molecule has 1 aromatic rings. The number of hydrogen-bond acceptors (Lipinski definition) is 4. The van der Waals surface area contributed by atoms with Crippen molar-refractivity contribution in [1.29, 1.82) is 0 Å². The first-order chi connectivity index (χ1) is 15.1. The van der Waals surface area contributed by atoms with E-state index >= 15 is 0 Å². The van der Waals surface area contributed by atoms with Gasteiger partial charge in [-0.2, -0.15) is 0 Å². The summed E-state index contributed by atoms with van der Waals surface area (Å²) in [5, 5.41) is 9.37. The molecular formula is C27H42O5. The third-order valence-electron chi connectivity index (χ3n) is 7.13. The molecule has 0 aromatic heterocycles. The fourth-order valence-corrected chi connectivity index (χ4v) is 4.83. The second-order valence-electron chi connectivity index (χ2n) is 10.5. The molecule has 32 heavy (non-hydrogen) atoms. The van der Waals surface area contributed by atoms with Crippen molar-refractivity contribution in [2.24, 2.45) is 23.2 Å². The summed E-state index contributed by atoms with van der Waals surface area (Å²) in [7, 11) is 0. The number of hydrogen-bond donors (Lipinski definition) is 1. The lowest BCUT2D eigenvalue weighted by Crippen LogP contribution is -2.30. The number of carbonyl (C=O) groups is 2. The first-order valence-electron chi connectivity index (χ1n) is 12.2. The normalized spacial score (nSPS) is 22.0. The maximum absolute atomic E-state index is 12.9. The van der Waals surface area contributed by atoms with Gasteiger partial charge in [-0.05, 0) is 67.8 Å². The molecule has 0 spiro atoms. The van der Waals surface area contributed by atoms with Gasteiger partial charge in [0.1, 0.15) is 0 Å². The zero-order chi connectivity index (χ0) is 23.7. The average Bonchev–Trinajstić information content (AvgIpc) is 2.76. The highest BCUT2D eigenvalue weighted by Gasteiger charge is 2.31. The van der Waals surface area contributed by atoms with Gasteiger partial charge in [0.05, 0.1) is 17.9 Å². The van der Waals surface area contributed by atoms with Gasteiger partial charge in [0.25, 0.3) is 0 Å². The fourth-order valence-electron chi connectivity index (χ4n) is 4.83. The second kappa shape index (κ2) is 12.4. The zero-order valence-electron chi connectivity index (χ0n) is 20.5. The lowest BCUT2D eigenvalue weighted by Gasteiger charge is -2.36. The van der Waals surface area contributed by atoms with Crippen molar-refractivity contribution in [2.45, 2.75) is 91.6 Å². The summed E-state index contributed by atoms with van der Waals surface area (Å²) in [4.78, 5) is 24.3. The van der Waals surface area contributed by atoms with Gasteiger partial charge in [-0.1, -0.05) is 65.0 Å². The first-order valence-corrected chi connectivity index (χ1v) is 12.2. The molecule has 0 amide bonds. The third-order valence-corrected chi connectivity index (χ3v) is 7.13. The van der Waals surface area contributed by atoms with Crippen molar-refractivity contribution < 1.29 is 24.2 Å². The molecule has 0 bridgehead atoms. The first kappa shape index (κ1) is 26.4. The molecule has 5 nitrogen and oxygen atoms in total. The van der Waals surface area contributed by atoms with E-state index in [-0.39, 0.29) is 31.2 Å². The van der Waals surface area contributed by atoms with E-state index in [0.717, 1.165) is 32.1 Å². The van der Waals surface area contributed by atoms with Crippen LogP contribution in [0.5, 0.6) is 0 Å². The third kappa shape index (κ3) is 8.23. The van der Waals surface area contributed by atoms with Gasteiger partial charge in [-0.15, -0.1) is 0 Å². The number of aliphatic carboxylic acids is 1. The van der Waals surface area contributed by atoms with Crippen molar-refractivity contribution in [3.63, 3.8) is 0 Å². The summed E-state index contributed by atoms with van der Waals surface area (Å²) in [6.45, 7) is 10.6. The van der Waals surface area contributed by atoms with Crippen LogP contribution in [0.1, 0.15) is 91.0 Å². The van der Waals surface area contributed by atoms with Crippen molar-refractivity contribution >= 4 is 11.9 Å². The fraction of sp³-hybridized carbons (Fsp3) is 0.704. The lowest BCUT2D eigenvalue weighted by molar-refractivity contribution is -0.169. The zero-order valence-corrected chi connectivity index (χ0v) is 20.5. The molecule has 5 heteroatoms. The number of benzene rings is 1. The van der Waals surface area contributed by atoms with Crippen LogP contribution in [0.25, 0.3) is 0 Å². The van der Waals surface area contributed by atoms with Crippen molar-refractivity contribution in [3.8, 4) is 0 Å². The molecule has 0 aliphatic heterocycles. The Morgan fingerprint density at radius 3 is 2.22 bits per heavy atom. The molecular weight excluding hydrogens is 404 g/mol. The number of ether oxygens (including phenoxy) is 2. The van der Waals surface area contributed by atoms with E-state index < -0.39 is 17.8 Å². The summed E-state index contributed by atoms with van der Waals surface area (Å²) in [6, 6.07) is 10.1. The molecule has 180 valence electrons. The maximum Gasteiger partial charge on any atom is 0.311 e. The van der Waals surface area contributed by atoms with Gasteiger partial charge in [0, 0.05) is 0 Å². The Hall–Kier alpha value is -1.88. The SMILES string of the molecule is CCC(CC(CC(C)C(=O)O)C(=O)OCOC1CCC(C(C)(C)C)CC1)c1ccccc1. The van der Waals surface area contributed by atoms with Gasteiger partial charge in [0.15, 0.2) is 6.79 Å². The molecule has 1 aliphatic carbocycles. The van der Waals surface area contributed by atoms with E-state index in [1.54, 1.807) is 6.92 Å². The number of carbonyl (C=O) groups excluding carboxylic acids is 1. The van der Waals surface area contributed by atoms with E-state index in [1.165, 1.54) is 5.56 Å². The standard InChI is InChI=1S/C27H42O5/c1-6-20(21-10-8-7-9-11-21)17-22(16-19(2)25(28)29)26(30)32-18-31-24-14-12-23(13-15-24)27(3,4)5/h7-11,19-20,22-24H,6,12-18H2,1-5H3,(H,28,29). The van der Waals surface area contributed by atoms with Crippen LogP contribution in [0.15, 0.2) is 30.3 Å². The van der Waals surface area contributed by atoms with E-state index in [9.17, 15) is 14.7 Å². The van der Waals surface area contributed by atoms with Gasteiger partial charge < -0.3 is 14.6 Å². The predicted octanol–water partition coefficient (Wildman–Crippen LogP) is 6.42. The summed E-state index contributed by atoms with van der Waals surface area (Å²) >= 11 is 0. The highest BCUT2D eigenvalue weighted by Crippen LogP contribution is 2.38. The van der Waals surface area contributed by atoms with Crippen LogP contribution < -0.4 is 0 Å². The Balaban J connectivity index is 1.91. The minimum atomic E-state index is -0.887. The Morgan fingerprint density at radius 2 is 1.69 bits per heavy atom. The van der Waals surface area contributed by atoms with Gasteiger partial charge >= 0.3 is 11.9 Å². The maximum atomic E-state index is 12.9. The van der Waals surface area contributed by atoms with Gasteiger partial charge in [0.2, 0.25) is 0 Å². The number of esters is 1. The largest absolute Gasteiger partial charge is 0.481 e. The van der Waals surface area contributed by atoms with Crippen molar-refractivity contribution in [3.05, 3.63) is 35.9 Å². The summed E-state index contributed by atoms with van der Waals surface area (Å²) in [5.74, 6) is -1.42. The quantitative estimate of drug-likeness (QED) is 0.314. The number of carboxylic acid groups (broad SMARTS) is 1. The topological polar surface area (TPSA) is 72.8 Å². The number of rotatable bonds is 11. The van der Waals surface area contributed by atoms with Crippen LogP contribution in [0, 0.1) is 23.2 Å². The highest BCUT2D eigenvalue weighted by atomic mass is 16.7. The average molecular weight is 447 g/mol. The summed E-state index contributed by atoms with van der Waals surface area (Å²) in [6.07, 6.45) is 6.11. The predicted molar refractivity (Wildman–Crippen MR) is 126 cm³/mol. The van der Waals surface area contributed by atoms with Crippen molar-refractivity contribution in [2.75, 3.05) is 6.79 Å². The van der Waals surface area contributed by atoms with Crippen LogP contribution in [0.3, 0.4) is 0 Å². The van der Waals surface area contributed by atoms with Gasteiger partial charge in [-0.3, -0.25) is 9.59 Å². The Morgan fingerprint density at radius 1 is 1.06 bits per heavy atom. The Labute approximate surface area is 193 Å². The molecule has 0 radical (unpaired) electrons. The second-order valence-corrected chi connectivity index (χ2v) is 10.5. The Kier molecular flexibility index (Phi) is 10.2. The molecule has 0 saturated heterocycles. The molecule has 1 N–H and O–H groups in total. The lowest BCUT2D eigenvalue weighted by atomic mass is 9.72. The summed E-state index contributed by atoms with van der Waals surface area (Å²) < 4.78 is 11.4. The van der Waals surface area contributed by atoms with Crippen LogP contribution >= 0.6 is 0 Å². The molecule has 1 aliphatic rings. The molecule has 1 fully saturated rings. The molecule has 2 rings (SSSR count). The van der Waals surface area contributed by atoms with E-state index in [1.807, 2.05) is 18.2 Å². The van der Waals surface area contributed by atoms with Crippen LogP contribution in [0.2, 0.25) is 0 Å². The summed E-state index contributed by atoms with van der Waals surface area (Å²) in [5.41, 5.74) is 1.49. The minimum Gasteiger partial charge on any atom is -0.481 e. The van der Waals surface area contributed by atoms with Crippen LogP contribution in [-0.4, -0.2) is 29.9 Å². The number of carboxylic acids is 1. The monoisotopic (exact) mass is 446 g/mol. The molecule has 3 unspecified atom stereocenters. The van der Waals surface area contributed by atoms with E-state index in [0.29, 0.717) is 17.8 Å². The van der Waals surface area contributed by atoms with Gasteiger partial charge in [-0.25, -0.2) is 0 Å². The minimum absolute atomic E-state index is 0.0518. The van der Waals surface area contributed by atoms with Crippen molar-refractivity contribution in [1.82, 2.24) is 0 Å². The van der Waals surface area contributed by atoms with E-state index in [4.69, 9.17) is 9.47 Å². The van der Waals surface area contributed by atoms with E-state index in [2.05, 4.69) is 39.8 Å². The molecule has 1 saturated carbocycles. The Bertz CT molecular complexity index is 701. The molecule has 1 aromatic carbocycles. The molecule has 0 heterocycles. The highest BCUT2D eigenvalue weighted by molar-refractivity contribution is 5.75. The van der Waals surface area contributed by atoms with Crippen LogP contribution in [-0.2, 0) is 19.1 Å². The smallest absolute Gasteiger partial charge is 0.311 e. The molecule has 3 atom stereocenters. The van der Waals surface area contributed by atoms with Crippen LogP contribution in [0.4, 0.5) is 0 Å².